The maximum atomic E-state index is 11.8. The van der Waals surface area contributed by atoms with E-state index in [9.17, 15) is 9.59 Å². The highest BCUT2D eigenvalue weighted by Gasteiger charge is 2.25. The van der Waals surface area contributed by atoms with Crippen molar-refractivity contribution >= 4 is 23.2 Å². The predicted molar refractivity (Wildman–Crippen MR) is 72.5 cm³/mol. The van der Waals surface area contributed by atoms with Gasteiger partial charge in [-0.15, -0.1) is 17.8 Å². The first-order valence-electron chi connectivity index (χ1n) is 5.86. The number of ether oxygens (including phenoxy) is 1. The Balaban J connectivity index is 2.78. The molecule has 0 aliphatic carbocycles. The van der Waals surface area contributed by atoms with Crippen molar-refractivity contribution in [1.82, 2.24) is 10.3 Å². The third-order valence-corrected chi connectivity index (χ3v) is 3.03. The summed E-state index contributed by atoms with van der Waals surface area (Å²) < 4.78 is 4.93. The van der Waals surface area contributed by atoms with Gasteiger partial charge in [-0.25, -0.2) is 9.78 Å². The van der Waals surface area contributed by atoms with Gasteiger partial charge in [0.15, 0.2) is 0 Å². The second kappa shape index (κ2) is 7.54. The molecule has 0 radical (unpaired) electrons. The summed E-state index contributed by atoms with van der Waals surface area (Å²) in [5.74, 6) is 1.49. The Morgan fingerprint density at radius 3 is 2.84 bits per heavy atom. The number of aromatic nitrogens is 1. The number of hydrogen-bond acceptors (Lipinski definition) is 5. The number of hydrogen-bond donors (Lipinski definition) is 1. The number of nitrogens with zero attached hydrogens (tertiary/aromatic N) is 1. The van der Waals surface area contributed by atoms with Crippen LogP contribution in [0.25, 0.3) is 0 Å². The van der Waals surface area contributed by atoms with Crippen molar-refractivity contribution in [3.63, 3.8) is 0 Å². The summed E-state index contributed by atoms with van der Waals surface area (Å²) in [6, 6.07) is -0.750. The predicted octanol–water partition coefficient (Wildman–Crippen LogP) is 1.32. The Morgan fingerprint density at radius 1 is 1.63 bits per heavy atom. The molecule has 0 fully saturated rings. The van der Waals surface area contributed by atoms with Crippen LogP contribution in [0, 0.1) is 12.3 Å². The summed E-state index contributed by atoms with van der Waals surface area (Å²) in [5, 5.41) is 4.39. The van der Waals surface area contributed by atoms with Crippen molar-refractivity contribution in [3.05, 3.63) is 16.6 Å². The van der Waals surface area contributed by atoms with E-state index < -0.39 is 12.0 Å². The van der Waals surface area contributed by atoms with Crippen LogP contribution in [-0.2, 0) is 14.3 Å². The van der Waals surface area contributed by atoms with E-state index >= 15 is 0 Å². The minimum Gasteiger partial charge on any atom is -0.464 e. The highest BCUT2D eigenvalue weighted by molar-refractivity contribution is 7.07. The number of carbonyl (C=O) groups excluding carboxylic acids is 2. The highest BCUT2D eigenvalue weighted by Crippen LogP contribution is 2.20. The molecule has 0 aliphatic heterocycles. The Bertz CT molecular complexity index is 465. The van der Waals surface area contributed by atoms with Crippen LogP contribution in [0.15, 0.2) is 10.9 Å². The van der Waals surface area contributed by atoms with E-state index in [-0.39, 0.29) is 24.9 Å². The number of thiazole rings is 1. The maximum Gasteiger partial charge on any atom is 0.328 e. The topological polar surface area (TPSA) is 68.3 Å². The molecule has 1 amide bonds. The van der Waals surface area contributed by atoms with Crippen LogP contribution in [0.5, 0.6) is 0 Å². The van der Waals surface area contributed by atoms with Crippen molar-refractivity contribution in [2.45, 2.75) is 32.2 Å². The highest BCUT2D eigenvalue weighted by atomic mass is 32.1. The van der Waals surface area contributed by atoms with Crippen LogP contribution < -0.4 is 5.32 Å². The van der Waals surface area contributed by atoms with Gasteiger partial charge in [0.1, 0.15) is 6.04 Å². The number of carbonyl (C=O) groups is 2. The Hall–Kier alpha value is -1.87. The maximum absolute atomic E-state index is 11.8. The van der Waals surface area contributed by atoms with Crippen molar-refractivity contribution in [2.75, 3.05) is 6.61 Å². The zero-order valence-electron chi connectivity index (χ0n) is 10.9. The molecule has 2 atom stereocenters. The van der Waals surface area contributed by atoms with Gasteiger partial charge < -0.3 is 10.1 Å². The van der Waals surface area contributed by atoms with Crippen molar-refractivity contribution in [1.29, 1.82) is 0 Å². The van der Waals surface area contributed by atoms with E-state index in [4.69, 9.17) is 11.2 Å². The average molecular weight is 280 g/mol. The third-order valence-electron chi connectivity index (χ3n) is 2.43. The summed E-state index contributed by atoms with van der Waals surface area (Å²) in [6.45, 7) is 3.31. The van der Waals surface area contributed by atoms with Crippen LogP contribution in [0.4, 0.5) is 0 Å². The first-order valence-corrected chi connectivity index (χ1v) is 6.80. The van der Waals surface area contributed by atoms with Crippen molar-refractivity contribution in [3.8, 4) is 12.3 Å². The van der Waals surface area contributed by atoms with Gasteiger partial charge in [-0.3, -0.25) is 4.79 Å². The molecule has 1 aromatic heterocycles. The summed E-state index contributed by atoms with van der Waals surface area (Å²) >= 11 is 1.43. The van der Waals surface area contributed by atoms with Gasteiger partial charge in [0.25, 0.3) is 0 Å². The molecule has 6 heteroatoms. The summed E-state index contributed by atoms with van der Waals surface area (Å²) in [4.78, 5) is 27.0. The van der Waals surface area contributed by atoms with Crippen LogP contribution in [0.2, 0.25) is 0 Å². The molecule has 0 aliphatic rings. The van der Waals surface area contributed by atoms with Gasteiger partial charge in [0.05, 0.1) is 23.7 Å². The van der Waals surface area contributed by atoms with Gasteiger partial charge in [0, 0.05) is 12.3 Å². The average Bonchev–Trinajstić information content (AvgIpc) is 2.87. The minimum absolute atomic E-state index is 0.256. The molecule has 1 N–H and O–H groups in total. The van der Waals surface area contributed by atoms with Crippen LogP contribution in [0.3, 0.4) is 0 Å². The molecule has 5 nitrogen and oxygen atoms in total. The van der Waals surface area contributed by atoms with E-state index in [2.05, 4.69) is 16.2 Å². The van der Waals surface area contributed by atoms with Gasteiger partial charge in [-0.05, 0) is 13.3 Å². The van der Waals surface area contributed by atoms with Gasteiger partial charge >= 0.3 is 5.97 Å². The fraction of sp³-hybridized carbons (Fsp3) is 0.462. The van der Waals surface area contributed by atoms with Gasteiger partial charge in [-0.2, -0.15) is 0 Å². The fourth-order valence-corrected chi connectivity index (χ4v) is 2.21. The quantitative estimate of drug-likeness (QED) is 0.630. The molecule has 0 spiro atoms. The molecular weight excluding hydrogens is 264 g/mol. The van der Waals surface area contributed by atoms with Crippen molar-refractivity contribution in [2.24, 2.45) is 0 Å². The standard InChI is InChI=1S/C13H16N2O3S/c1-4-10(12-7-19-8-14-12)6-11(15-9(3)16)13(17)18-5-2/h1,7-8,10-11H,5-6H2,2-3H3,(H,15,16)/t10-,11+/m1/s1. The lowest BCUT2D eigenvalue weighted by Gasteiger charge is -2.18. The number of amides is 1. The first-order chi connectivity index (χ1) is 9.08. The van der Waals surface area contributed by atoms with E-state index in [1.807, 2.05) is 5.38 Å². The number of nitrogens with one attached hydrogen (secondary N) is 1. The van der Waals surface area contributed by atoms with Gasteiger partial charge in [0.2, 0.25) is 5.91 Å². The normalized spacial score (nSPS) is 13.1. The second-order valence-electron chi connectivity index (χ2n) is 3.87. The van der Waals surface area contributed by atoms with E-state index in [1.54, 1.807) is 12.4 Å². The lowest BCUT2D eigenvalue weighted by molar-refractivity contribution is -0.147. The molecule has 0 saturated heterocycles. The molecule has 0 saturated carbocycles. The lowest BCUT2D eigenvalue weighted by Crippen LogP contribution is -2.41. The third kappa shape index (κ3) is 4.72. The van der Waals surface area contributed by atoms with E-state index in [0.717, 1.165) is 5.69 Å². The monoisotopic (exact) mass is 280 g/mol. The van der Waals surface area contributed by atoms with Crippen molar-refractivity contribution < 1.29 is 14.3 Å². The Labute approximate surface area is 116 Å². The first kappa shape index (κ1) is 15.2. The van der Waals surface area contributed by atoms with Crippen LogP contribution in [-0.4, -0.2) is 29.5 Å². The molecule has 1 aromatic rings. The summed E-state index contributed by atoms with van der Waals surface area (Å²) in [5.41, 5.74) is 2.41. The Kier molecular flexibility index (Phi) is 6.03. The minimum atomic E-state index is -0.750. The number of esters is 1. The molecule has 102 valence electrons. The molecule has 0 bridgehead atoms. The van der Waals surface area contributed by atoms with E-state index in [0.29, 0.717) is 0 Å². The number of rotatable bonds is 6. The molecule has 0 unspecified atom stereocenters. The zero-order valence-corrected chi connectivity index (χ0v) is 11.7. The lowest BCUT2D eigenvalue weighted by atomic mass is 9.98. The zero-order chi connectivity index (χ0) is 14.3. The molecule has 0 aromatic carbocycles. The molecule has 19 heavy (non-hydrogen) atoms. The van der Waals surface area contributed by atoms with Gasteiger partial charge in [-0.1, -0.05) is 5.92 Å². The largest absolute Gasteiger partial charge is 0.464 e. The number of terminal acetylenes is 1. The van der Waals surface area contributed by atoms with Crippen LogP contribution in [0.1, 0.15) is 31.9 Å². The second-order valence-corrected chi connectivity index (χ2v) is 4.59. The Morgan fingerprint density at radius 2 is 2.37 bits per heavy atom. The molecular formula is C13H16N2O3S. The van der Waals surface area contributed by atoms with E-state index in [1.165, 1.54) is 18.3 Å². The summed E-state index contributed by atoms with van der Waals surface area (Å²) in [7, 11) is 0. The summed E-state index contributed by atoms with van der Waals surface area (Å²) in [6.07, 6.45) is 5.74. The fourth-order valence-electron chi connectivity index (χ4n) is 1.61. The van der Waals surface area contributed by atoms with Crippen LogP contribution >= 0.6 is 11.3 Å². The SMILES string of the molecule is C#C[C@H](C[C@H](NC(C)=O)C(=O)OCC)c1cscn1. The molecule has 1 rings (SSSR count). The molecule has 1 heterocycles. The smallest absolute Gasteiger partial charge is 0.328 e.